The van der Waals surface area contributed by atoms with E-state index in [0.717, 1.165) is 29.4 Å². The molecular formula is C44H44O8S4. The second-order valence-corrected chi connectivity index (χ2v) is 17.8. The molecule has 12 heteroatoms. The van der Waals surface area contributed by atoms with Crippen molar-refractivity contribution < 1.29 is 38.1 Å². The molecule has 0 amide bonds. The molecule has 0 fully saturated rings. The molecule has 0 spiro atoms. The molecule has 0 aromatic carbocycles. The summed E-state index contributed by atoms with van der Waals surface area (Å²) in [6.07, 6.45) is 0. The summed E-state index contributed by atoms with van der Waals surface area (Å²) in [5.74, 6) is -1.72. The van der Waals surface area contributed by atoms with Crippen molar-refractivity contribution in [2.24, 2.45) is 0 Å². The molecule has 0 aromatic rings. The Morgan fingerprint density at radius 1 is 0.500 bits per heavy atom. The highest BCUT2D eigenvalue weighted by Crippen LogP contribution is 2.61. The van der Waals surface area contributed by atoms with Gasteiger partial charge in [0.25, 0.3) is 0 Å². The number of carbonyl (C=O) groups is 4. The number of fused-ring (bicyclic) bond motifs is 2. The SMILES string of the molecule is CCOC(=O)c1c2cccc(C(C)C)cc-2c(C(=O)OCC)c1C1=CS/C(=C2\SC=C(c3c(C(=O)OCC)c4cccc(C(C)C)cc-4c3C(=O)OCC)S2)S1. The van der Waals surface area contributed by atoms with E-state index >= 15 is 0 Å². The zero-order valence-corrected chi connectivity index (χ0v) is 35.9. The highest BCUT2D eigenvalue weighted by Gasteiger charge is 2.39. The van der Waals surface area contributed by atoms with Crippen LogP contribution >= 0.6 is 47.0 Å². The largest absolute Gasteiger partial charge is 0.462 e. The van der Waals surface area contributed by atoms with Gasteiger partial charge in [0.2, 0.25) is 0 Å². The molecule has 0 atom stereocenters. The van der Waals surface area contributed by atoms with Crippen LogP contribution in [0.3, 0.4) is 0 Å². The molecule has 0 saturated carbocycles. The zero-order chi connectivity index (χ0) is 40.3. The summed E-state index contributed by atoms with van der Waals surface area (Å²) < 4.78 is 24.3. The van der Waals surface area contributed by atoms with E-state index in [1.807, 2.05) is 59.3 Å². The van der Waals surface area contributed by atoms with E-state index in [9.17, 15) is 19.2 Å². The minimum absolute atomic E-state index is 0.170. The van der Waals surface area contributed by atoms with Crippen LogP contribution in [0, 0.1) is 0 Å². The molecule has 6 rings (SSSR count). The molecule has 2 heterocycles. The minimum Gasteiger partial charge on any atom is -0.462 e. The molecule has 6 aliphatic rings. The van der Waals surface area contributed by atoms with Gasteiger partial charge in [-0.2, -0.15) is 0 Å². The molecule has 2 aliphatic heterocycles. The third kappa shape index (κ3) is 8.03. The van der Waals surface area contributed by atoms with Crippen molar-refractivity contribution in [1.29, 1.82) is 0 Å². The fourth-order valence-electron chi connectivity index (χ4n) is 6.70. The summed E-state index contributed by atoms with van der Waals surface area (Å²) in [4.78, 5) is 56.7. The molecule has 56 heavy (non-hydrogen) atoms. The third-order valence-corrected chi connectivity index (χ3v) is 14.5. The number of ether oxygens (including phenoxy) is 4. The van der Waals surface area contributed by atoms with Crippen LogP contribution in [0.5, 0.6) is 0 Å². The maximum Gasteiger partial charge on any atom is 0.339 e. The van der Waals surface area contributed by atoms with Crippen LogP contribution in [-0.2, 0) is 18.9 Å². The molecule has 0 bridgehead atoms. The van der Waals surface area contributed by atoms with Gasteiger partial charge in [-0.3, -0.25) is 0 Å². The summed E-state index contributed by atoms with van der Waals surface area (Å²) in [7, 11) is 0. The number of carbonyl (C=O) groups excluding carboxylic acids is 4. The van der Waals surface area contributed by atoms with Crippen LogP contribution < -0.4 is 0 Å². The number of hydrogen-bond donors (Lipinski definition) is 0. The van der Waals surface area contributed by atoms with Crippen molar-refractivity contribution in [2.45, 2.75) is 67.2 Å². The topological polar surface area (TPSA) is 105 Å². The standard InChI is InChI=1S/C44H44O8S4/c1-9-49-39(45)33-27-17-13-15-25(23(5)6)19-29(27)35(41(47)51-11-3)37(33)31-21-53-43(55-31)44-54-22-32(56-44)38-34(40(46)50-10-2)28-18-14-16-26(24(7)8)20-30(28)36(38)42(48)52-12-4/h13-24H,9-12H2,1-8H3/b44-43-. The van der Waals surface area contributed by atoms with Gasteiger partial charge in [0, 0.05) is 20.9 Å². The number of hydrogen-bond acceptors (Lipinski definition) is 12. The molecule has 0 unspecified atom stereocenters. The Morgan fingerprint density at radius 2 is 0.821 bits per heavy atom. The van der Waals surface area contributed by atoms with Crippen LogP contribution in [-0.4, -0.2) is 50.3 Å². The molecular weight excluding hydrogens is 785 g/mol. The lowest BCUT2D eigenvalue weighted by Gasteiger charge is -2.10. The lowest BCUT2D eigenvalue weighted by molar-refractivity contribution is 0.0510. The Hall–Kier alpha value is -4.10. The predicted molar refractivity (Wildman–Crippen MR) is 231 cm³/mol. The number of esters is 4. The maximum atomic E-state index is 13.8. The maximum absolute atomic E-state index is 13.8. The summed E-state index contributed by atoms with van der Waals surface area (Å²) in [6, 6.07) is 15.5. The normalized spacial score (nSPS) is 15.4. The number of rotatable bonds is 12. The zero-order valence-electron chi connectivity index (χ0n) is 32.7. The lowest BCUT2D eigenvalue weighted by atomic mass is 10.0. The van der Waals surface area contributed by atoms with E-state index in [4.69, 9.17) is 18.9 Å². The van der Waals surface area contributed by atoms with E-state index in [0.29, 0.717) is 55.6 Å². The first kappa shape index (κ1) is 41.5. The monoisotopic (exact) mass is 828 g/mol. The van der Waals surface area contributed by atoms with Gasteiger partial charge in [0.05, 0.1) is 57.2 Å². The van der Waals surface area contributed by atoms with Crippen molar-refractivity contribution in [2.75, 3.05) is 26.4 Å². The first-order valence-electron chi connectivity index (χ1n) is 18.7. The van der Waals surface area contributed by atoms with Crippen LogP contribution in [0.15, 0.2) is 67.8 Å². The van der Waals surface area contributed by atoms with Gasteiger partial charge in [-0.15, -0.1) is 0 Å². The molecule has 0 aromatic heterocycles. The van der Waals surface area contributed by atoms with E-state index in [-0.39, 0.29) is 38.3 Å². The van der Waals surface area contributed by atoms with Crippen molar-refractivity contribution in [3.8, 4) is 22.3 Å². The predicted octanol–water partition coefficient (Wildman–Crippen LogP) is 12.2. The Kier molecular flexibility index (Phi) is 13.4. The third-order valence-electron chi connectivity index (χ3n) is 9.25. The van der Waals surface area contributed by atoms with E-state index in [2.05, 4.69) is 27.7 Å². The van der Waals surface area contributed by atoms with Crippen LogP contribution in [0.2, 0.25) is 0 Å². The average Bonchev–Trinajstić information content (AvgIpc) is 3.90. The fourth-order valence-corrected chi connectivity index (χ4v) is 11.7. The highest BCUT2D eigenvalue weighted by atomic mass is 32.2. The van der Waals surface area contributed by atoms with Crippen molar-refractivity contribution >= 4 is 80.7 Å². The number of thioether (sulfide) groups is 4. The van der Waals surface area contributed by atoms with E-state index in [1.54, 1.807) is 27.7 Å². The van der Waals surface area contributed by atoms with Crippen molar-refractivity contribution in [3.63, 3.8) is 0 Å². The summed E-state index contributed by atoms with van der Waals surface area (Å²) in [5, 5.41) is 3.90. The lowest BCUT2D eigenvalue weighted by Crippen LogP contribution is -2.09. The molecule has 8 nitrogen and oxygen atoms in total. The molecule has 0 saturated heterocycles. The molecule has 0 N–H and O–H groups in total. The quantitative estimate of drug-likeness (QED) is 0.100. The van der Waals surface area contributed by atoms with E-state index in [1.165, 1.54) is 47.0 Å². The van der Waals surface area contributed by atoms with Crippen LogP contribution in [0.25, 0.3) is 32.1 Å². The minimum atomic E-state index is -0.517. The molecule has 0 radical (unpaired) electrons. The average molecular weight is 829 g/mol. The van der Waals surface area contributed by atoms with Crippen LogP contribution in [0.1, 0.15) is 131 Å². The summed E-state index contributed by atoms with van der Waals surface area (Å²) in [6.45, 7) is 16.0. The Bertz CT molecular complexity index is 2090. The van der Waals surface area contributed by atoms with Gasteiger partial charge in [-0.1, -0.05) is 111 Å². The first-order chi connectivity index (χ1) is 26.9. The van der Waals surface area contributed by atoms with Crippen LogP contribution in [0.4, 0.5) is 0 Å². The van der Waals surface area contributed by atoms with Gasteiger partial charge in [-0.25, -0.2) is 19.2 Å². The Labute approximate surface area is 345 Å². The second-order valence-electron chi connectivity index (χ2n) is 13.4. The van der Waals surface area contributed by atoms with E-state index < -0.39 is 23.9 Å². The fraction of sp³-hybridized carbons (Fsp3) is 0.318. The first-order valence-corrected chi connectivity index (χ1v) is 22.1. The van der Waals surface area contributed by atoms with Gasteiger partial charge in [0.15, 0.2) is 0 Å². The molecule has 292 valence electrons. The smallest absolute Gasteiger partial charge is 0.339 e. The van der Waals surface area contributed by atoms with Crippen molar-refractivity contribution in [3.05, 3.63) is 112 Å². The van der Waals surface area contributed by atoms with Gasteiger partial charge in [0.1, 0.15) is 0 Å². The Balaban J connectivity index is 1.47. The van der Waals surface area contributed by atoms with Crippen molar-refractivity contribution in [1.82, 2.24) is 0 Å². The molecule has 4 aliphatic carbocycles. The van der Waals surface area contributed by atoms with Gasteiger partial charge < -0.3 is 18.9 Å². The highest BCUT2D eigenvalue weighted by molar-refractivity contribution is 8.36. The van der Waals surface area contributed by atoms with Gasteiger partial charge >= 0.3 is 23.9 Å². The Morgan fingerprint density at radius 3 is 1.12 bits per heavy atom. The summed E-state index contributed by atoms with van der Waals surface area (Å²) >= 11 is 5.89. The summed E-state index contributed by atoms with van der Waals surface area (Å²) in [5.41, 5.74) is 6.79. The second kappa shape index (κ2) is 18.0. The van der Waals surface area contributed by atoms with Gasteiger partial charge in [-0.05, 0) is 95.9 Å².